The van der Waals surface area contributed by atoms with Gasteiger partial charge in [0.15, 0.2) is 17.5 Å². The van der Waals surface area contributed by atoms with E-state index in [4.69, 9.17) is 0 Å². The Kier molecular flexibility index (Phi) is 6.13. The zero-order chi connectivity index (χ0) is 27.9. The highest BCUT2D eigenvalue weighted by atomic mass is 32.2. The zero-order valence-electron chi connectivity index (χ0n) is 20.5. The molecule has 2 aliphatic carbocycles. The van der Waals surface area contributed by atoms with Crippen LogP contribution in [-0.4, -0.2) is 50.9 Å². The maximum Gasteiger partial charge on any atom is 0.287 e. The molecule has 3 heterocycles. The summed E-state index contributed by atoms with van der Waals surface area (Å²) in [6, 6.07) is 3.03. The van der Waals surface area contributed by atoms with E-state index in [9.17, 15) is 35.5 Å². The maximum atomic E-state index is 14.0. The smallest absolute Gasteiger partial charge is 0.287 e. The molecule has 2 fully saturated rings. The van der Waals surface area contributed by atoms with Crippen molar-refractivity contribution in [2.24, 2.45) is 22.2 Å². The largest absolute Gasteiger partial charge is 0.511 e. The molecule has 1 aromatic carbocycles. The van der Waals surface area contributed by atoms with E-state index in [2.05, 4.69) is 14.4 Å². The third-order valence-electron chi connectivity index (χ3n) is 7.90. The van der Waals surface area contributed by atoms with Gasteiger partial charge in [-0.25, -0.2) is 21.9 Å². The Balaban J connectivity index is 1.39. The van der Waals surface area contributed by atoms with Crippen LogP contribution in [0.25, 0.3) is 0 Å². The fourth-order valence-corrected chi connectivity index (χ4v) is 9.40. The lowest BCUT2D eigenvalue weighted by Crippen LogP contribution is -2.53. The Morgan fingerprint density at radius 3 is 2.69 bits per heavy atom. The molecule has 208 valence electrons. The number of carbonyl (C=O) groups excluding carboxylic acids is 1. The van der Waals surface area contributed by atoms with Crippen LogP contribution in [0.15, 0.2) is 44.2 Å². The molecule has 6 rings (SSSR count). The number of nitrogens with one attached hydrogen (secondary N) is 2. The van der Waals surface area contributed by atoms with E-state index >= 15 is 0 Å². The molecular formula is C24H24F2N4O6S3. The second-order valence-corrected chi connectivity index (χ2v) is 14.6. The van der Waals surface area contributed by atoms with Crippen LogP contribution in [-0.2, 0) is 37.9 Å². The van der Waals surface area contributed by atoms with E-state index in [1.54, 1.807) is 0 Å². The molecule has 10 nitrogen and oxygen atoms in total. The van der Waals surface area contributed by atoms with Crippen LogP contribution in [0.4, 0.5) is 13.8 Å². The summed E-state index contributed by atoms with van der Waals surface area (Å²) in [6.45, 7) is -0.319. The number of benzene rings is 1. The summed E-state index contributed by atoms with van der Waals surface area (Å²) in [5, 5.41) is 15.9. The van der Waals surface area contributed by atoms with Crippen molar-refractivity contribution in [3.8, 4) is 0 Å². The average molecular weight is 599 g/mol. The zero-order valence-corrected chi connectivity index (χ0v) is 23.0. The highest BCUT2D eigenvalue weighted by Gasteiger charge is 2.57. The number of amides is 1. The molecule has 2 aromatic rings. The topological polar surface area (TPSA) is 145 Å². The highest BCUT2D eigenvalue weighted by Crippen LogP contribution is 2.55. The molecule has 4 atom stereocenters. The van der Waals surface area contributed by atoms with Gasteiger partial charge < -0.3 is 15.3 Å². The predicted octanol–water partition coefficient (Wildman–Crippen LogP) is 2.86. The van der Waals surface area contributed by atoms with Gasteiger partial charge in [0.05, 0.1) is 6.26 Å². The molecule has 0 radical (unpaired) electrons. The first-order chi connectivity index (χ1) is 18.3. The Labute approximate surface area is 227 Å². The van der Waals surface area contributed by atoms with Crippen LogP contribution in [0, 0.1) is 29.4 Å². The number of fused-ring (bicyclic) bond motifs is 6. The molecule has 39 heavy (non-hydrogen) atoms. The quantitative estimate of drug-likeness (QED) is 0.464. The van der Waals surface area contributed by atoms with Gasteiger partial charge >= 0.3 is 0 Å². The number of sulfonamides is 2. The Morgan fingerprint density at radius 1 is 1.23 bits per heavy atom. The van der Waals surface area contributed by atoms with Crippen molar-refractivity contribution in [1.29, 1.82) is 0 Å². The second kappa shape index (κ2) is 9.08. The standard InChI is InChI=1S/C24H24F2N4O6S3/c1-38(33,34)27-8-14-10-37-23-21(14)39(35,36)29-22(28-23)18-20(31)17-12-3-4-13(7-12)19(17)30(24(18)32)9-11-2-5-15(25)16(26)6-11/h2,5-6,10,12-13,17,19,27,31H,3-4,7-9H2,1H3,(H,28,29)/t12?,13-,17+,19-/m0/s1. The Hall–Kier alpha value is -2.88. The number of hydrogen-bond donors (Lipinski definition) is 3. The van der Waals surface area contributed by atoms with Gasteiger partial charge in [0.25, 0.3) is 15.9 Å². The summed E-state index contributed by atoms with van der Waals surface area (Å²) in [5.74, 6) is -3.50. The van der Waals surface area contributed by atoms with Crippen molar-refractivity contribution in [1.82, 2.24) is 9.62 Å². The van der Waals surface area contributed by atoms with Gasteiger partial charge in [-0.2, -0.15) is 8.42 Å². The first-order valence-corrected chi connectivity index (χ1v) is 16.4. The first-order valence-electron chi connectivity index (χ1n) is 12.2. The maximum absolute atomic E-state index is 14.0. The van der Waals surface area contributed by atoms with Crippen molar-refractivity contribution >= 4 is 48.1 Å². The van der Waals surface area contributed by atoms with Crippen LogP contribution in [0.1, 0.15) is 30.4 Å². The van der Waals surface area contributed by atoms with E-state index < -0.39 is 43.5 Å². The third-order valence-corrected chi connectivity index (χ3v) is 11.0. The molecule has 2 saturated carbocycles. The summed E-state index contributed by atoms with van der Waals surface area (Å²) in [6.07, 6.45) is 3.46. The minimum Gasteiger partial charge on any atom is -0.511 e. The summed E-state index contributed by atoms with van der Waals surface area (Å²) in [5.41, 5.74) is 0.279. The molecule has 1 amide bonds. The number of amidine groups is 1. The summed E-state index contributed by atoms with van der Waals surface area (Å²) in [7, 11) is -7.96. The molecule has 3 N–H and O–H groups in total. The molecule has 2 bridgehead atoms. The normalized spacial score (nSPS) is 27.3. The van der Waals surface area contributed by atoms with Gasteiger partial charge in [0.2, 0.25) is 10.0 Å². The van der Waals surface area contributed by atoms with Crippen molar-refractivity contribution in [2.45, 2.75) is 43.3 Å². The number of carbonyl (C=O) groups is 1. The van der Waals surface area contributed by atoms with Gasteiger partial charge in [0, 0.05) is 30.6 Å². The molecule has 2 aliphatic heterocycles. The number of halogens is 2. The third kappa shape index (κ3) is 4.44. The predicted molar refractivity (Wildman–Crippen MR) is 139 cm³/mol. The average Bonchev–Trinajstić information content (AvgIpc) is 3.57. The van der Waals surface area contributed by atoms with Crippen LogP contribution >= 0.6 is 11.3 Å². The summed E-state index contributed by atoms with van der Waals surface area (Å²) < 4.78 is 83.1. The lowest BCUT2D eigenvalue weighted by atomic mass is 9.77. The van der Waals surface area contributed by atoms with Crippen molar-refractivity contribution < 1.29 is 35.5 Å². The number of rotatable bonds is 6. The van der Waals surface area contributed by atoms with Crippen LogP contribution in [0.2, 0.25) is 0 Å². The van der Waals surface area contributed by atoms with Crippen LogP contribution < -0.4 is 10.0 Å². The minimum absolute atomic E-state index is 0.0528. The monoisotopic (exact) mass is 598 g/mol. The number of aliphatic hydroxyl groups is 1. The van der Waals surface area contributed by atoms with Gasteiger partial charge in [0.1, 0.15) is 21.2 Å². The SMILES string of the molecule is CS(=O)(=O)NCc1csc2c1S(=O)(=O)N=C(C1=C(O)[C@@H]3C4CC[C@@H](C4)[C@@H]3N(Cc3ccc(F)c(F)c3)C1=O)N2. The Bertz CT molecular complexity index is 1680. The van der Waals surface area contributed by atoms with Gasteiger partial charge in [-0.3, -0.25) is 4.79 Å². The molecule has 15 heteroatoms. The first kappa shape index (κ1) is 26.3. The van der Waals surface area contributed by atoms with E-state index in [1.807, 2.05) is 0 Å². The van der Waals surface area contributed by atoms with E-state index in [-0.39, 0.29) is 63.6 Å². The molecule has 0 spiro atoms. The van der Waals surface area contributed by atoms with Crippen LogP contribution in [0.3, 0.4) is 0 Å². The summed E-state index contributed by atoms with van der Waals surface area (Å²) >= 11 is 1.00. The Morgan fingerprint density at radius 2 is 1.97 bits per heavy atom. The van der Waals surface area contributed by atoms with Crippen LogP contribution in [0.5, 0.6) is 0 Å². The summed E-state index contributed by atoms with van der Waals surface area (Å²) in [4.78, 5) is 15.2. The molecule has 4 aliphatic rings. The van der Waals surface area contributed by atoms with E-state index in [0.717, 1.165) is 49.0 Å². The number of nitrogens with zero attached hydrogens (tertiary/aromatic N) is 2. The highest BCUT2D eigenvalue weighted by molar-refractivity contribution is 7.91. The minimum atomic E-state index is -4.37. The molecular weight excluding hydrogens is 574 g/mol. The number of hydrogen-bond acceptors (Lipinski definition) is 8. The van der Waals surface area contributed by atoms with Gasteiger partial charge in [-0.15, -0.1) is 15.7 Å². The number of thiophene rings is 1. The van der Waals surface area contributed by atoms with E-state index in [1.165, 1.54) is 16.3 Å². The fourth-order valence-electron chi connectivity index (χ4n) is 6.37. The number of anilines is 1. The molecule has 0 saturated heterocycles. The number of aliphatic hydroxyl groups excluding tert-OH is 1. The lowest BCUT2D eigenvalue weighted by Gasteiger charge is -2.44. The molecule has 1 aromatic heterocycles. The van der Waals surface area contributed by atoms with Crippen molar-refractivity contribution in [3.63, 3.8) is 0 Å². The fraction of sp³-hybridized carbons (Fsp3) is 0.417. The second-order valence-electron chi connectivity index (χ2n) is 10.3. The lowest BCUT2D eigenvalue weighted by molar-refractivity contribution is -0.134. The van der Waals surface area contributed by atoms with E-state index in [0.29, 0.717) is 5.56 Å². The van der Waals surface area contributed by atoms with Crippen molar-refractivity contribution in [3.05, 3.63) is 57.7 Å². The van der Waals surface area contributed by atoms with Crippen molar-refractivity contribution in [2.75, 3.05) is 11.6 Å². The van der Waals surface area contributed by atoms with Gasteiger partial charge in [-0.05, 0) is 54.2 Å². The van der Waals surface area contributed by atoms with Gasteiger partial charge in [-0.1, -0.05) is 6.07 Å². The molecule has 1 unspecified atom stereocenters.